The first-order valence-electron chi connectivity index (χ1n) is 12.5. The van der Waals surface area contributed by atoms with Gasteiger partial charge in [-0.05, 0) is 57.4 Å². The Kier molecular flexibility index (Phi) is 5.96. The van der Waals surface area contributed by atoms with Gasteiger partial charge in [0.25, 0.3) is 0 Å². The number of carbonyl (C=O) groups excluding carboxylic acids is 3. The van der Waals surface area contributed by atoms with E-state index >= 15 is 0 Å². The van der Waals surface area contributed by atoms with Gasteiger partial charge < -0.3 is 14.2 Å². The van der Waals surface area contributed by atoms with Crippen LogP contribution in [0.25, 0.3) is 0 Å². The maximum Gasteiger partial charge on any atom is 0.309 e. The average molecular weight is 548 g/mol. The zero-order valence-corrected chi connectivity index (χ0v) is 22.9. The molecule has 5 fully saturated rings. The minimum Gasteiger partial charge on any atom is -0.469 e. The molecule has 2 heterocycles. The van der Waals surface area contributed by atoms with Crippen LogP contribution in [0.4, 0.5) is 0 Å². The molecule has 0 radical (unpaired) electrons. The van der Waals surface area contributed by atoms with Crippen molar-refractivity contribution in [2.45, 2.75) is 93.2 Å². The lowest BCUT2D eigenvalue weighted by molar-refractivity contribution is -0.172. The third-order valence-corrected chi connectivity index (χ3v) is 10.2. The van der Waals surface area contributed by atoms with Crippen LogP contribution in [0.2, 0.25) is 0 Å². The first-order valence-corrected chi connectivity index (χ1v) is 13.6. The van der Waals surface area contributed by atoms with Crippen LogP contribution in [0.15, 0.2) is 11.6 Å². The van der Waals surface area contributed by atoms with Crippen molar-refractivity contribution in [2.24, 2.45) is 28.6 Å². The topological polar surface area (TPSA) is 82.2 Å². The first kappa shape index (κ1) is 25.8. The number of rotatable bonds is 1. The van der Waals surface area contributed by atoms with Gasteiger partial charge >= 0.3 is 11.9 Å². The number of epoxide rings is 1. The summed E-state index contributed by atoms with van der Waals surface area (Å²) in [6.07, 6.45) is 7.61. The Morgan fingerprint density at radius 3 is 2.43 bits per heavy atom. The van der Waals surface area contributed by atoms with E-state index in [1.54, 1.807) is 6.08 Å². The molecule has 0 N–H and O–H groups in total. The fourth-order valence-electron chi connectivity index (χ4n) is 8.69. The number of alkyl halides is 3. The molecule has 8 unspecified atom stereocenters. The smallest absolute Gasteiger partial charge is 0.309 e. The molecule has 0 amide bonds. The van der Waals surface area contributed by atoms with Gasteiger partial charge in [0.1, 0.15) is 11.2 Å². The summed E-state index contributed by atoms with van der Waals surface area (Å²) in [4.78, 5) is 37.4. The van der Waals surface area contributed by atoms with Gasteiger partial charge in [0.15, 0.2) is 9.58 Å². The van der Waals surface area contributed by atoms with Crippen LogP contribution >= 0.6 is 34.8 Å². The van der Waals surface area contributed by atoms with Gasteiger partial charge in [-0.2, -0.15) is 0 Å². The maximum absolute atomic E-state index is 13.0. The van der Waals surface area contributed by atoms with Crippen molar-refractivity contribution < 1.29 is 28.6 Å². The van der Waals surface area contributed by atoms with Crippen molar-refractivity contribution in [1.29, 1.82) is 0 Å². The second kappa shape index (κ2) is 8.09. The average Bonchev–Trinajstić information content (AvgIpc) is 3.24. The fraction of sp³-hybridized carbons (Fsp3) is 0.808. The number of esters is 2. The highest BCUT2D eigenvalue weighted by molar-refractivity contribution is 6.67. The van der Waals surface area contributed by atoms with Gasteiger partial charge in [-0.15, -0.1) is 0 Å². The number of methoxy groups -OCH3 is 1. The molecule has 9 heteroatoms. The third-order valence-electron chi connectivity index (χ3n) is 10.2. The third kappa shape index (κ3) is 3.64. The molecule has 2 saturated heterocycles. The predicted molar refractivity (Wildman–Crippen MR) is 131 cm³/mol. The summed E-state index contributed by atoms with van der Waals surface area (Å²) in [6, 6.07) is 0. The Balaban J connectivity index is 0.000000464. The maximum atomic E-state index is 13.0. The fourth-order valence-corrected chi connectivity index (χ4v) is 8.69. The summed E-state index contributed by atoms with van der Waals surface area (Å²) in [7, 11) is 1.45. The van der Waals surface area contributed by atoms with Crippen LogP contribution in [0.5, 0.6) is 0 Å². The van der Waals surface area contributed by atoms with Gasteiger partial charge in [-0.3, -0.25) is 14.4 Å². The molecular weight excluding hydrogens is 515 g/mol. The zero-order valence-electron chi connectivity index (χ0n) is 20.6. The highest BCUT2D eigenvalue weighted by Crippen LogP contribution is 2.78. The Labute approximate surface area is 221 Å². The summed E-state index contributed by atoms with van der Waals surface area (Å²) in [6.45, 7) is 5.99. The van der Waals surface area contributed by atoms with E-state index in [0.29, 0.717) is 19.3 Å². The van der Waals surface area contributed by atoms with E-state index < -0.39 is 15.0 Å². The number of ether oxygens (including phenoxy) is 3. The number of halogens is 3. The molecule has 8 atom stereocenters. The van der Waals surface area contributed by atoms with E-state index in [4.69, 9.17) is 49.0 Å². The van der Waals surface area contributed by atoms with Gasteiger partial charge in [-0.25, -0.2) is 0 Å². The largest absolute Gasteiger partial charge is 0.469 e. The van der Waals surface area contributed by atoms with E-state index in [9.17, 15) is 14.4 Å². The molecule has 2 spiro atoms. The Morgan fingerprint density at radius 2 is 1.83 bits per heavy atom. The predicted octanol–water partition coefficient (Wildman–Crippen LogP) is 5.50. The monoisotopic (exact) mass is 546 g/mol. The highest BCUT2D eigenvalue weighted by atomic mass is 35.6. The quantitative estimate of drug-likeness (QED) is 0.245. The minimum atomic E-state index is -1.08. The van der Waals surface area contributed by atoms with E-state index in [0.717, 1.165) is 37.7 Å². The summed E-state index contributed by atoms with van der Waals surface area (Å²) in [5, 5.41) is 0. The van der Waals surface area contributed by atoms with Crippen molar-refractivity contribution >= 4 is 52.5 Å². The molecule has 0 aromatic rings. The van der Waals surface area contributed by atoms with Gasteiger partial charge in [0.2, 0.25) is 0 Å². The summed E-state index contributed by atoms with van der Waals surface area (Å²) in [5.41, 5.74) is -0.175. The molecule has 0 bridgehead atoms. The number of fused-ring (bicyclic) bond motifs is 4. The Morgan fingerprint density at radius 1 is 1.14 bits per heavy atom. The normalized spacial score (nSPS) is 47.3. The highest BCUT2D eigenvalue weighted by Gasteiger charge is 2.83. The van der Waals surface area contributed by atoms with Crippen molar-refractivity contribution in [3.8, 4) is 0 Å². The van der Waals surface area contributed by atoms with Crippen LogP contribution in [0.1, 0.15) is 72.1 Å². The molecule has 6 rings (SSSR count). The first-order chi connectivity index (χ1) is 16.2. The van der Waals surface area contributed by atoms with Crippen LogP contribution in [-0.4, -0.2) is 45.9 Å². The molecule has 4 aliphatic carbocycles. The van der Waals surface area contributed by atoms with Crippen LogP contribution in [0.3, 0.4) is 0 Å². The molecule has 0 aromatic carbocycles. The van der Waals surface area contributed by atoms with E-state index in [1.165, 1.54) is 14.0 Å². The number of hydrogen-bond acceptors (Lipinski definition) is 6. The SMILES string of the molecule is CC(Cl)(Cl)Cl.COC(=O)C1CC2=CC(=O)CCC2(C)C23OC2CC2(C)C(CCC24CCC(=O)O4)C13. The van der Waals surface area contributed by atoms with Crippen LogP contribution in [0, 0.1) is 28.6 Å². The molecule has 6 aliphatic rings. The lowest BCUT2D eigenvalue weighted by atomic mass is 9.43. The van der Waals surface area contributed by atoms with E-state index in [1.807, 2.05) is 0 Å². The second-order valence-corrected chi connectivity index (χ2v) is 14.6. The summed E-state index contributed by atoms with van der Waals surface area (Å²) >= 11 is 15.2. The Hall–Kier alpha value is -0.820. The molecule has 2 aliphatic heterocycles. The van der Waals surface area contributed by atoms with Crippen molar-refractivity contribution in [3.05, 3.63) is 11.6 Å². The number of hydrogen-bond donors (Lipinski definition) is 0. The minimum absolute atomic E-state index is 0.0303. The molecule has 6 nitrogen and oxygen atoms in total. The second-order valence-electron chi connectivity index (χ2n) is 11.7. The molecule has 0 aromatic heterocycles. The van der Waals surface area contributed by atoms with Crippen molar-refractivity contribution in [3.63, 3.8) is 0 Å². The standard InChI is InChI=1S/C24H30O6.C2H3Cl3/c1-21-7-4-14(25)10-13(21)11-15(20(27)28-3)19-16-5-8-23(9-6-18(26)30-23)22(16,2)12-17-24(19,21)29-17;1-2(3,4)5/h10,15-17,19H,4-9,11-12H2,1-3H3;1H3. The van der Waals surface area contributed by atoms with Crippen molar-refractivity contribution in [2.75, 3.05) is 7.11 Å². The molecule has 194 valence electrons. The lowest BCUT2D eigenvalue weighted by Gasteiger charge is -2.58. The summed E-state index contributed by atoms with van der Waals surface area (Å²) in [5.74, 6) is -0.201. The number of carbonyl (C=O) groups is 3. The van der Waals surface area contributed by atoms with E-state index in [2.05, 4.69) is 13.8 Å². The van der Waals surface area contributed by atoms with E-state index in [-0.39, 0.29) is 52.4 Å². The summed E-state index contributed by atoms with van der Waals surface area (Å²) < 4.78 is 16.8. The number of ketones is 1. The molecule has 3 saturated carbocycles. The Bertz CT molecular complexity index is 1000. The zero-order chi connectivity index (χ0) is 25.6. The van der Waals surface area contributed by atoms with Crippen LogP contribution < -0.4 is 0 Å². The lowest BCUT2D eigenvalue weighted by Crippen LogP contribution is -2.63. The van der Waals surface area contributed by atoms with Gasteiger partial charge in [0.05, 0.1) is 19.1 Å². The molecular formula is C26H33Cl3O6. The molecule has 35 heavy (non-hydrogen) atoms. The van der Waals surface area contributed by atoms with Gasteiger partial charge in [0, 0.05) is 29.6 Å². The van der Waals surface area contributed by atoms with Crippen LogP contribution in [-0.2, 0) is 28.6 Å². The van der Waals surface area contributed by atoms with Crippen molar-refractivity contribution in [1.82, 2.24) is 0 Å². The van der Waals surface area contributed by atoms with Gasteiger partial charge in [-0.1, -0.05) is 54.2 Å².